The van der Waals surface area contributed by atoms with E-state index in [2.05, 4.69) is 20.7 Å². The fraction of sp³-hybridized carbons (Fsp3) is 0.385. The first-order chi connectivity index (χ1) is 9.02. The Labute approximate surface area is 119 Å². The number of Topliss-reactive ketones (excluding diaryl/α,β-unsaturated/α-hetero) is 1. The second-order valence-corrected chi connectivity index (χ2v) is 5.10. The molecular weight excluding hydrogens is 316 g/mol. The lowest BCUT2D eigenvalue weighted by Crippen LogP contribution is -2.16. The van der Waals surface area contributed by atoms with E-state index in [-0.39, 0.29) is 19.0 Å². The van der Waals surface area contributed by atoms with Crippen molar-refractivity contribution in [3.05, 3.63) is 22.2 Å². The van der Waals surface area contributed by atoms with Crippen molar-refractivity contribution >= 4 is 27.7 Å². The van der Waals surface area contributed by atoms with Crippen LogP contribution in [0.15, 0.2) is 16.6 Å². The molecule has 0 N–H and O–H groups in total. The monoisotopic (exact) mass is 328 g/mol. The molecule has 1 aliphatic rings. The minimum atomic E-state index is -0.471. The number of rotatable bonds is 4. The quantitative estimate of drug-likeness (QED) is 0.628. The lowest BCUT2D eigenvalue weighted by molar-refractivity contribution is -0.144. The molecular formula is C13H13BrO5. The van der Waals surface area contributed by atoms with Gasteiger partial charge < -0.3 is 14.2 Å². The molecule has 102 valence electrons. The van der Waals surface area contributed by atoms with Crippen molar-refractivity contribution in [2.24, 2.45) is 5.92 Å². The third-order valence-electron chi connectivity index (χ3n) is 2.84. The van der Waals surface area contributed by atoms with Crippen LogP contribution in [0.3, 0.4) is 0 Å². The van der Waals surface area contributed by atoms with Crippen LogP contribution in [0.25, 0.3) is 0 Å². The molecule has 1 aromatic rings. The average Bonchev–Trinajstić information content (AvgIpc) is 2.86. The van der Waals surface area contributed by atoms with Crippen molar-refractivity contribution in [3.63, 3.8) is 0 Å². The topological polar surface area (TPSA) is 61.8 Å². The van der Waals surface area contributed by atoms with E-state index in [1.165, 1.54) is 7.11 Å². The summed E-state index contributed by atoms with van der Waals surface area (Å²) < 4.78 is 15.8. The number of benzene rings is 1. The Morgan fingerprint density at radius 3 is 2.84 bits per heavy atom. The van der Waals surface area contributed by atoms with Crippen LogP contribution in [0.5, 0.6) is 11.5 Å². The molecule has 0 fully saturated rings. The summed E-state index contributed by atoms with van der Waals surface area (Å²) in [5.41, 5.74) is 0.479. The van der Waals surface area contributed by atoms with Gasteiger partial charge in [0.2, 0.25) is 6.79 Å². The maximum absolute atomic E-state index is 12.1. The Morgan fingerprint density at radius 2 is 2.16 bits per heavy atom. The molecule has 1 atom stereocenters. The standard InChI is InChI=1S/C13H13BrO5/c1-7(13(16)17-2)3-10(15)8-4-9(14)12-11(5-8)18-6-19-12/h4-5,7H,3,6H2,1-2H3. The fourth-order valence-electron chi connectivity index (χ4n) is 1.81. The van der Waals surface area contributed by atoms with Gasteiger partial charge in [0.1, 0.15) is 0 Å². The SMILES string of the molecule is COC(=O)C(C)CC(=O)c1cc(Br)c2c(c1)OCO2. The first kappa shape index (κ1) is 13.9. The Morgan fingerprint density at radius 1 is 1.42 bits per heavy atom. The van der Waals surface area contributed by atoms with E-state index < -0.39 is 11.9 Å². The van der Waals surface area contributed by atoms with Gasteiger partial charge in [0, 0.05) is 12.0 Å². The van der Waals surface area contributed by atoms with Gasteiger partial charge in [-0.2, -0.15) is 0 Å². The van der Waals surface area contributed by atoms with Crippen LogP contribution in [-0.4, -0.2) is 25.7 Å². The van der Waals surface area contributed by atoms with E-state index in [0.29, 0.717) is 21.5 Å². The Balaban J connectivity index is 2.16. The largest absolute Gasteiger partial charge is 0.469 e. The second-order valence-electron chi connectivity index (χ2n) is 4.24. The van der Waals surface area contributed by atoms with E-state index in [1.54, 1.807) is 19.1 Å². The number of fused-ring (bicyclic) bond motifs is 1. The van der Waals surface area contributed by atoms with E-state index in [0.717, 1.165) is 0 Å². The number of ketones is 1. The molecule has 0 aliphatic carbocycles. The summed E-state index contributed by atoms with van der Waals surface area (Å²) in [5, 5.41) is 0. The number of methoxy groups -OCH3 is 1. The van der Waals surface area contributed by atoms with Crippen LogP contribution in [0.4, 0.5) is 0 Å². The molecule has 0 aromatic heterocycles. The van der Waals surface area contributed by atoms with Crippen molar-refractivity contribution in [2.45, 2.75) is 13.3 Å². The van der Waals surface area contributed by atoms with Crippen LogP contribution in [-0.2, 0) is 9.53 Å². The normalized spacial score (nSPS) is 14.1. The minimum absolute atomic E-state index is 0.0960. The van der Waals surface area contributed by atoms with E-state index in [1.807, 2.05) is 0 Å². The van der Waals surface area contributed by atoms with Gasteiger partial charge in [0.05, 0.1) is 17.5 Å². The lowest BCUT2D eigenvalue weighted by atomic mass is 9.99. The molecule has 0 saturated carbocycles. The molecule has 1 unspecified atom stereocenters. The molecule has 2 rings (SSSR count). The minimum Gasteiger partial charge on any atom is -0.469 e. The number of carbonyl (C=O) groups excluding carboxylic acids is 2. The summed E-state index contributed by atoms with van der Waals surface area (Å²) in [7, 11) is 1.31. The van der Waals surface area contributed by atoms with Gasteiger partial charge in [0.15, 0.2) is 17.3 Å². The predicted molar refractivity (Wildman–Crippen MR) is 70.4 cm³/mol. The zero-order valence-corrected chi connectivity index (χ0v) is 12.2. The Bertz CT molecular complexity index is 526. The summed E-state index contributed by atoms with van der Waals surface area (Å²) in [5.74, 6) is 0.118. The molecule has 1 aromatic carbocycles. The average molecular weight is 329 g/mol. The van der Waals surface area contributed by atoms with Crippen LogP contribution >= 0.6 is 15.9 Å². The number of esters is 1. The summed E-state index contributed by atoms with van der Waals surface area (Å²) >= 11 is 3.33. The summed E-state index contributed by atoms with van der Waals surface area (Å²) in [4.78, 5) is 23.4. The fourth-order valence-corrected chi connectivity index (χ4v) is 2.37. The third-order valence-corrected chi connectivity index (χ3v) is 3.43. The number of ether oxygens (including phenoxy) is 3. The highest BCUT2D eigenvalue weighted by atomic mass is 79.9. The van der Waals surface area contributed by atoms with Crippen molar-refractivity contribution < 1.29 is 23.8 Å². The summed E-state index contributed by atoms with van der Waals surface area (Å²) in [6, 6.07) is 3.29. The van der Waals surface area contributed by atoms with Crippen LogP contribution in [0, 0.1) is 5.92 Å². The van der Waals surface area contributed by atoms with E-state index in [9.17, 15) is 9.59 Å². The van der Waals surface area contributed by atoms with Crippen LogP contribution in [0.2, 0.25) is 0 Å². The third kappa shape index (κ3) is 2.89. The molecule has 0 saturated heterocycles. The zero-order chi connectivity index (χ0) is 14.0. The molecule has 0 bridgehead atoms. The van der Waals surface area contributed by atoms with Gasteiger partial charge in [-0.05, 0) is 28.1 Å². The first-order valence-electron chi connectivity index (χ1n) is 5.73. The molecule has 6 heteroatoms. The van der Waals surface area contributed by atoms with Crippen molar-refractivity contribution in [2.75, 3.05) is 13.9 Å². The van der Waals surface area contributed by atoms with Gasteiger partial charge in [0.25, 0.3) is 0 Å². The first-order valence-corrected chi connectivity index (χ1v) is 6.52. The molecule has 19 heavy (non-hydrogen) atoms. The zero-order valence-electron chi connectivity index (χ0n) is 10.6. The summed E-state index contributed by atoms with van der Waals surface area (Å²) in [6.07, 6.45) is 0.0960. The highest BCUT2D eigenvalue weighted by Gasteiger charge is 2.23. The van der Waals surface area contributed by atoms with Crippen molar-refractivity contribution in [3.8, 4) is 11.5 Å². The van der Waals surface area contributed by atoms with Crippen LogP contribution in [0.1, 0.15) is 23.7 Å². The van der Waals surface area contributed by atoms with Gasteiger partial charge >= 0.3 is 5.97 Å². The molecule has 1 aliphatic heterocycles. The van der Waals surface area contributed by atoms with Gasteiger partial charge in [-0.1, -0.05) is 6.92 Å². The van der Waals surface area contributed by atoms with E-state index >= 15 is 0 Å². The maximum atomic E-state index is 12.1. The van der Waals surface area contributed by atoms with Crippen molar-refractivity contribution in [1.82, 2.24) is 0 Å². The number of carbonyl (C=O) groups is 2. The molecule has 0 radical (unpaired) electrons. The van der Waals surface area contributed by atoms with Gasteiger partial charge in [-0.3, -0.25) is 9.59 Å². The smallest absolute Gasteiger partial charge is 0.308 e. The highest BCUT2D eigenvalue weighted by Crippen LogP contribution is 2.40. The molecule has 0 amide bonds. The van der Waals surface area contributed by atoms with Gasteiger partial charge in [-0.15, -0.1) is 0 Å². The second kappa shape index (κ2) is 5.61. The highest BCUT2D eigenvalue weighted by molar-refractivity contribution is 9.10. The Kier molecular flexibility index (Phi) is 4.09. The van der Waals surface area contributed by atoms with E-state index in [4.69, 9.17) is 9.47 Å². The number of hydrogen-bond donors (Lipinski definition) is 0. The van der Waals surface area contributed by atoms with Gasteiger partial charge in [-0.25, -0.2) is 0 Å². The Hall–Kier alpha value is -1.56. The van der Waals surface area contributed by atoms with Crippen molar-refractivity contribution in [1.29, 1.82) is 0 Å². The van der Waals surface area contributed by atoms with Crippen LogP contribution < -0.4 is 9.47 Å². The lowest BCUT2D eigenvalue weighted by Gasteiger charge is -2.09. The number of halogens is 1. The predicted octanol–water partition coefficient (Wildman–Crippen LogP) is 2.56. The molecule has 5 nitrogen and oxygen atoms in total. The summed E-state index contributed by atoms with van der Waals surface area (Å²) in [6.45, 7) is 1.80. The molecule has 0 spiro atoms. The maximum Gasteiger partial charge on any atom is 0.308 e. The number of hydrogen-bond acceptors (Lipinski definition) is 5. The molecule has 1 heterocycles.